The van der Waals surface area contributed by atoms with Crippen molar-refractivity contribution in [3.05, 3.63) is 43.5 Å². The summed E-state index contributed by atoms with van der Waals surface area (Å²) in [6.45, 7) is 2.13. The van der Waals surface area contributed by atoms with Gasteiger partial charge in [0.15, 0.2) is 21.5 Å². The van der Waals surface area contributed by atoms with Crippen molar-refractivity contribution in [1.82, 2.24) is 20.4 Å². The van der Waals surface area contributed by atoms with Gasteiger partial charge in [0.1, 0.15) is 27.6 Å². The Labute approximate surface area is 233 Å². The van der Waals surface area contributed by atoms with Gasteiger partial charge in [-0.25, -0.2) is 19.0 Å². The van der Waals surface area contributed by atoms with E-state index in [0.717, 1.165) is 13.0 Å². The number of rotatable bonds is 5. The summed E-state index contributed by atoms with van der Waals surface area (Å²) in [5, 5.41) is 29.0. The molecule has 40 heavy (non-hydrogen) atoms. The van der Waals surface area contributed by atoms with Crippen LogP contribution in [0, 0.1) is 27.4 Å². The molecule has 3 rings (SSSR count). The largest absolute Gasteiger partial charge is 0.476 e. The number of ether oxygens (including phenoxy) is 1. The highest BCUT2D eigenvalue weighted by Crippen LogP contribution is 2.40. The van der Waals surface area contributed by atoms with E-state index in [1.807, 2.05) is 0 Å². The molecule has 0 amide bonds. The first-order chi connectivity index (χ1) is 18.5. The van der Waals surface area contributed by atoms with E-state index in [9.17, 15) is 40.7 Å². The van der Waals surface area contributed by atoms with Gasteiger partial charge in [-0.1, -0.05) is 23.2 Å². The Bertz CT molecular complexity index is 1320. The summed E-state index contributed by atoms with van der Waals surface area (Å²) in [5.41, 5.74) is -2.42. The summed E-state index contributed by atoms with van der Waals surface area (Å²) in [6.07, 6.45) is -3.80. The molecule has 4 N–H and O–H groups in total. The monoisotopic (exact) mass is 638 g/mol. The SMILES string of the molecule is CN/C(=N/[N+](=O)[O-])NCC1CCOC1.N#Cc1nn(-c2c(Cl)cc(C(F)(F)F)cc2Cl)c(N)c1S(=O)C(F)(F)F. The molecule has 0 radical (unpaired) electrons. The van der Waals surface area contributed by atoms with Crippen molar-refractivity contribution < 1.29 is 40.3 Å². The number of benzene rings is 1. The molecule has 21 heteroatoms. The van der Waals surface area contributed by atoms with Crippen molar-refractivity contribution in [2.24, 2.45) is 11.0 Å². The zero-order valence-corrected chi connectivity index (χ0v) is 22.3. The number of nitriles is 1. The molecule has 0 saturated carbocycles. The first-order valence-corrected chi connectivity index (χ1v) is 12.5. The summed E-state index contributed by atoms with van der Waals surface area (Å²) in [5.74, 6) is -0.303. The lowest BCUT2D eigenvalue weighted by Gasteiger charge is -2.13. The topological polar surface area (TPSA) is 173 Å². The second kappa shape index (κ2) is 13.3. The lowest BCUT2D eigenvalue weighted by molar-refractivity contribution is -0.485. The van der Waals surface area contributed by atoms with Gasteiger partial charge in [0.25, 0.3) is 5.96 Å². The third-order valence-electron chi connectivity index (χ3n) is 4.93. The summed E-state index contributed by atoms with van der Waals surface area (Å²) in [7, 11) is -2.12. The molecule has 1 aromatic heterocycles. The van der Waals surface area contributed by atoms with Crippen LogP contribution >= 0.6 is 23.2 Å². The van der Waals surface area contributed by atoms with Crippen molar-refractivity contribution in [3.8, 4) is 11.8 Å². The van der Waals surface area contributed by atoms with Gasteiger partial charge in [-0.05, 0) is 18.6 Å². The van der Waals surface area contributed by atoms with Gasteiger partial charge < -0.3 is 21.1 Å². The van der Waals surface area contributed by atoms with Crippen LogP contribution < -0.4 is 16.4 Å². The molecule has 1 aliphatic heterocycles. The number of nitrogen functional groups attached to an aromatic ring is 1. The average Bonchev–Trinajstić information content (AvgIpc) is 3.47. The van der Waals surface area contributed by atoms with E-state index in [4.69, 9.17) is 38.9 Å². The van der Waals surface area contributed by atoms with E-state index in [-0.39, 0.29) is 5.96 Å². The third kappa shape index (κ3) is 8.33. The van der Waals surface area contributed by atoms with E-state index in [1.165, 1.54) is 6.07 Å². The maximum absolute atomic E-state index is 12.7. The highest BCUT2D eigenvalue weighted by atomic mass is 35.5. The Morgan fingerprint density at radius 2 is 1.95 bits per heavy atom. The van der Waals surface area contributed by atoms with Gasteiger partial charge in [0.2, 0.25) is 0 Å². The fraction of sp³-hybridized carbons (Fsp3) is 0.421. The quantitative estimate of drug-likeness (QED) is 0.145. The predicted molar refractivity (Wildman–Crippen MR) is 131 cm³/mol. The van der Waals surface area contributed by atoms with Crippen molar-refractivity contribution >= 4 is 45.8 Å². The lowest BCUT2D eigenvalue weighted by atomic mass is 10.1. The Hall–Kier alpha value is -3.34. The lowest BCUT2D eigenvalue weighted by Crippen LogP contribution is -2.38. The van der Waals surface area contributed by atoms with E-state index >= 15 is 0 Å². The van der Waals surface area contributed by atoms with Gasteiger partial charge in [-0.3, -0.25) is 0 Å². The number of hydrazone groups is 1. The summed E-state index contributed by atoms with van der Waals surface area (Å²) < 4.78 is 93.5. The van der Waals surface area contributed by atoms with E-state index in [1.54, 1.807) is 7.05 Å². The van der Waals surface area contributed by atoms with Crippen LogP contribution in [0.3, 0.4) is 0 Å². The average molecular weight is 639 g/mol. The smallest absolute Gasteiger partial charge is 0.383 e. The van der Waals surface area contributed by atoms with Crippen LogP contribution in [0.2, 0.25) is 10.0 Å². The summed E-state index contributed by atoms with van der Waals surface area (Å²) >= 11 is 11.5. The standard InChI is InChI=1S/C12H4Cl2F6N4OS.C7H14N4O3/c13-5-1-4(11(15,16)17)2-6(14)8(5)24-10(22)9(7(3-21)23-24)26(25)12(18,19)20;1-8-7(10-11(12)13)9-4-6-2-3-14-5-6/h1-2H,22H2;6H,2-5H2,1H3,(H2,8,9,10). The fourth-order valence-electron chi connectivity index (χ4n) is 3.13. The molecule has 0 spiro atoms. The Morgan fingerprint density at radius 1 is 1.35 bits per heavy atom. The first kappa shape index (κ1) is 32.9. The Morgan fingerprint density at radius 3 is 2.38 bits per heavy atom. The van der Waals surface area contributed by atoms with Crippen LogP contribution in [0.1, 0.15) is 17.7 Å². The number of nitro groups is 1. The zero-order chi connectivity index (χ0) is 30.4. The van der Waals surface area contributed by atoms with Crippen LogP contribution in [0.4, 0.5) is 32.2 Å². The van der Waals surface area contributed by atoms with Gasteiger partial charge in [-0.2, -0.15) is 36.7 Å². The highest BCUT2D eigenvalue weighted by molar-refractivity contribution is 7.86. The van der Waals surface area contributed by atoms with Crippen molar-refractivity contribution in [1.29, 1.82) is 5.26 Å². The molecule has 2 aromatic rings. The van der Waals surface area contributed by atoms with Crippen molar-refractivity contribution in [3.63, 3.8) is 0 Å². The molecule has 1 aromatic carbocycles. The number of hydrogen-bond acceptors (Lipinski definition) is 7. The van der Waals surface area contributed by atoms with Crippen LogP contribution in [-0.2, 0) is 21.7 Å². The second-order valence-corrected chi connectivity index (χ2v) is 9.86. The second-order valence-electron chi connectivity index (χ2n) is 7.63. The van der Waals surface area contributed by atoms with Gasteiger partial charge in [0.05, 0.1) is 22.2 Å². The molecule has 220 valence electrons. The molecule has 1 saturated heterocycles. The molecular formula is C19H18Cl2F6N8O4S. The molecule has 2 atom stereocenters. The minimum absolute atomic E-state index is 0.182. The number of hydrogen-bond donors (Lipinski definition) is 3. The predicted octanol–water partition coefficient (Wildman–Crippen LogP) is 3.66. The molecular weight excluding hydrogens is 621 g/mol. The molecule has 12 nitrogen and oxygen atoms in total. The number of nitrogens with one attached hydrogen (secondary N) is 2. The zero-order valence-electron chi connectivity index (χ0n) is 19.9. The van der Waals surface area contributed by atoms with Gasteiger partial charge in [-0.15, -0.1) is 0 Å². The van der Waals surface area contributed by atoms with Crippen LogP contribution in [0.5, 0.6) is 0 Å². The normalized spacial score (nSPS) is 16.5. The van der Waals surface area contributed by atoms with Gasteiger partial charge >= 0.3 is 11.7 Å². The Kier molecular flexibility index (Phi) is 11.0. The minimum atomic E-state index is -5.25. The van der Waals surface area contributed by atoms with Crippen molar-refractivity contribution in [2.75, 3.05) is 32.5 Å². The minimum Gasteiger partial charge on any atom is -0.383 e. The fourth-order valence-corrected chi connectivity index (χ4v) is 4.55. The summed E-state index contributed by atoms with van der Waals surface area (Å²) in [4.78, 5) is 8.93. The van der Waals surface area contributed by atoms with Crippen molar-refractivity contribution in [2.45, 2.75) is 23.0 Å². The molecule has 1 fully saturated rings. The first-order valence-electron chi connectivity index (χ1n) is 10.6. The number of guanidine groups is 1. The molecule has 2 heterocycles. The number of halogens is 8. The highest BCUT2D eigenvalue weighted by Gasteiger charge is 2.42. The number of nitrogens with zero attached hydrogens (tertiary/aromatic N) is 5. The summed E-state index contributed by atoms with van der Waals surface area (Å²) in [6, 6.07) is 2.19. The maximum Gasteiger partial charge on any atom is 0.476 e. The van der Waals surface area contributed by atoms with Crippen LogP contribution in [-0.4, -0.2) is 57.3 Å². The number of aromatic nitrogens is 2. The molecule has 1 aliphatic rings. The number of anilines is 1. The van der Waals surface area contributed by atoms with E-state index < -0.39 is 65.2 Å². The van der Waals surface area contributed by atoms with E-state index in [0.29, 0.717) is 35.9 Å². The molecule has 2 unspecified atom stereocenters. The molecule has 0 bridgehead atoms. The van der Waals surface area contributed by atoms with Crippen LogP contribution in [0.25, 0.3) is 5.69 Å². The number of alkyl halides is 6. The number of nitrogens with two attached hydrogens (primary N) is 1. The Balaban J connectivity index is 0.000000337. The maximum atomic E-state index is 12.7. The van der Waals surface area contributed by atoms with E-state index in [2.05, 4.69) is 20.8 Å². The van der Waals surface area contributed by atoms with Crippen LogP contribution in [0.15, 0.2) is 22.1 Å². The third-order valence-corrected chi connectivity index (χ3v) is 6.70. The molecule has 0 aliphatic carbocycles. The van der Waals surface area contributed by atoms with Gasteiger partial charge in [0, 0.05) is 26.1 Å².